The van der Waals surface area contributed by atoms with Gasteiger partial charge in [-0.05, 0) is 54.7 Å². The summed E-state index contributed by atoms with van der Waals surface area (Å²) in [5.41, 5.74) is 2.69. The number of urea groups is 1. The van der Waals surface area contributed by atoms with Gasteiger partial charge in [-0.3, -0.25) is 0 Å². The topological polar surface area (TPSA) is 97.0 Å². The number of hydrogen-bond donors (Lipinski definition) is 2. The zero-order valence-electron chi connectivity index (χ0n) is 19.2. The van der Waals surface area contributed by atoms with Gasteiger partial charge in [0.2, 0.25) is 10.0 Å². The third kappa shape index (κ3) is 7.73. The summed E-state index contributed by atoms with van der Waals surface area (Å²) in [5, 5.41) is 5.81. The van der Waals surface area contributed by atoms with Crippen LogP contribution in [0.3, 0.4) is 0 Å². The largest absolute Gasteiger partial charge is 0.497 e. The van der Waals surface area contributed by atoms with Crippen molar-refractivity contribution in [3.05, 3.63) is 59.7 Å². The quantitative estimate of drug-likeness (QED) is 0.546. The second kappa shape index (κ2) is 12.0. The molecule has 9 heteroatoms. The Bertz CT molecular complexity index is 1000. The number of sulfonamides is 1. The van der Waals surface area contributed by atoms with Gasteiger partial charge in [-0.2, -0.15) is 0 Å². The van der Waals surface area contributed by atoms with Crippen molar-refractivity contribution in [3.8, 4) is 5.75 Å². The van der Waals surface area contributed by atoms with Crippen LogP contribution in [0, 0.1) is 0 Å². The number of methoxy groups -OCH3 is 1. The number of amides is 2. The van der Waals surface area contributed by atoms with E-state index in [0.29, 0.717) is 51.3 Å². The van der Waals surface area contributed by atoms with Crippen LogP contribution in [0.1, 0.15) is 37.3 Å². The minimum absolute atomic E-state index is 0.0471. The number of nitrogens with zero attached hydrogens (tertiary/aromatic N) is 1. The standard InChI is InChI=1S/C24H33N3O5S/c1-3-15-33(29,30)27-13-11-21(12-14-27)25-24(28)26-22-6-4-5-20(16-22)18-32-17-19-7-9-23(31-2)10-8-19/h4-10,16,21H,3,11-15,17-18H2,1-2H3,(H2,25,26,28). The second-order valence-electron chi connectivity index (χ2n) is 8.13. The lowest BCUT2D eigenvalue weighted by molar-refractivity contribution is 0.107. The van der Waals surface area contributed by atoms with E-state index in [9.17, 15) is 13.2 Å². The molecule has 0 spiro atoms. The van der Waals surface area contributed by atoms with E-state index in [-0.39, 0.29) is 17.8 Å². The fraction of sp³-hybridized carbons (Fsp3) is 0.458. The number of carbonyl (C=O) groups is 1. The monoisotopic (exact) mass is 475 g/mol. The molecule has 33 heavy (non-hydrogen) atoms. The Balaban J connectivity index is 1.42. The molecule has 2 amide bonds. The first-order chi connectivity index (χ1) is 15.9. The zero-order valence-corrected chi connectivity index (χ0v) is 20.1. The third-order valence-electron chi connectivity index (χ3n) is 5.53. The van der Waals surface area contributed by atoms with Crippen LogP contribution < -0.4 is 15.4 Å². The van der Waals surface area contributed by atoms with Crippen molar-refractivity contribution in [2.75, 3.05) is 31.3 Å². The Morgan fingerprint density at radius 1 is 1.06 bits per heavy atom. The first-order valence-electron chi connectivity index (χ1n) is 11.2. The molecule has 0 radical (unpaired) electrons. The highest BCUT2D eigenvalue weighted by atomic mass is 32.2. The number of rotatable bonds is 10. The van der Waals surface area contributed by atoms with Crippen LogP contribution in [0.4, 0.5) is 10.5 Å². The fourth-order valence-corrected chi connectivity index (χ4v) is 5.31. The van der Waals surface area contributed by atoms with Gasteiger partial charge >= 0.3 is 6.03 Å². The lowest BCUT2D eigenvalue weighted by Gasteiger charge is -2.31. The molecule has 1 saturated heterocycles. The van der Waals surface area contributed by atoms with E-state index in [2.05, 4.69) is 10.6 Å². The molecule has 2 N–H and O–H groups in total. The van der Waals surface area contributed by atoms with Crippen LogP contribution in [0.2, 0.25) is 0 Å². The maximum absolute atomic E-state index is 12.4. The zero-order chi connectivity index (χ0) is 23.7. The predicted molar refractivity (Wildman–Crippen MR) is 129 cm³/mol. The molecule has 0 unspecified atom stereocenters. The first-order valence-corrected chi connectivity index (χ1v) is 12.9. The second-order valence-corrected chi connectivity index (χ2v) is 10.2. The maximum Gasteiger partial charge on any atom is 0.319 e. The van der Waals surface area contributed by atoms with Crippen LogP contribution in [-0.4, -0.2) is 50.7 Å². The summed E-state index contributed by atoms with van der Waals surface area (Å²) in [6, 6.07) is 14.9. The predicted octanol–water partition coefficient (Wildman–Crippen LogP) is 3.74. The Hall–Kier alpha value is -2.62. The molecular formula is C24H33N3O5S. The molecule has 2 aromatic rings. The molecule has 1 fully saturated rings. The van der Waals surface area contributed by atoms with Gasteiger partial charge in [-0.25, -0.2) is 17.5 Å². The van der Waals surface area contributed by atoms with Crippen molar-refractivity contribution in [3.63, 3.8) is 0 Å². The Kier molecular flexibility index (Phi) is 9.11. The Morgan fingerprint density at radius 3 is 2.42 bits per heavy atom. The third-order valence-corrected chi connectivity index (χ3v) is 7.60. The number of hydrogen-bond acceptors (Lipinski definition) is 5. The van der Waals surface area contributed by atoms with E-state index >= 15 is 0 Å². The number of anilines is 1. The number of ether oxygens (including phenoxy) is 2. The van der Waals surface area contributed by atoms with E-state index in [1.54, 1.807) is 7.11 Å². The normalized spacial score (nSPS) is 15.2. The van der Waals surface area contributed by atoms with Crippen molar-refractivity contribution in [1.82, 2.24) is 9.62 Å². The van der Waals surface area contributed by atoms with Crippen LogP contribution in [0.15, 0.2) is 48.5 Å². The van der Waals surface area contributed by atoms with Crippen molar-refractivity contribution in [2.24, 2.45) is 0 Å². The molecule has 0 aromatic heterocycles. The fourth-order valence-electron chi connectivity index (χ4n) is 3.77. The van der Waals surface area contributed by atoms with Crippen LogP contribution in [0.25, 0.3) is 0 Å². The average Bonchev–Trinajstić information content (AvgIpc) is 2.80. The number of nitrogens with one attached hydrogen (secondary N) is 2. The minimum Gasteiger partial charge on any atom is -0.497 e. The molecule has 3 rings (SSSR count). The van der Waals surface area contributed by atoms with Crippen molar-refractivity contribution in [2.45, 2.75) is 45.4 Å². The minimum atomic E-state index is -3.18. The molecule has 0 bridgehead atoms. The summed E-state index contributed by atoms with van der Waals surface area (Å²) < 4.78 is 36.8. The van der Waals surface area contributed by atoms with Gasteiger partial charge in [0.05, 0.1) is 26.1 Å². The van der Waals surface area contributed by atoms with Gasteiger partial charge in [-0.15, -0.1) is 0 Å². The SMILES string of the molecule is CCCS(=O)(=O)N1CCC(NC(=O)Nc2cccc(COCc3ccc(OC)cc3)c2)CC1. The highest BCUT2D eigenvalue weighted by Crippen LogP contribution is 2.17. The summed E-state index contributed by atoms with van der Waals surface area (Å²) >= 11 is 0. The van der Waals surface area contributed by atoms with Gasteiger partial charge in [-0.1, -0.05) is 31.2 Å². The van der Waals surface area contributed by atoms with Crippen LogP contribution in [0.5, 0.6) is 5.75 Å². The molecule has 180 valence electrons. The molecule has 0 saturated carbocycles. The molecule has 8 nitrogen and oxygen atoms in total. The van der Waals surface area contributed by atoms with Crippen molar-refractivity contribution >= 4 is 21.7 Å². The summed E-state index contributed by atoms with van der Waals surface area (Å²) in [4.78, 5) is 12.4. The number of carbonyl (C=O) groups excluding carboxylic acids is 1. The lowest BCUT2D eigenvalue weighted by Crippen LogP contribution is -2.47. The Morgan fingerprint density at radius 2 is 1.76 bits per heavy atom. The molecule has 1 heterocycles. The Labute approximate surface area is 196 Å². The van der Waals surface area contributed by atoms with Gasteiger partial charge in [0.15, 0.2) is 0 Å². The maximum atomic E-state index is 12.4. The van der Waals surface area contributed by atoms with Crippen LogP contribution >= 0.6 is 0 Å². The van der Waals surface area contributed by atoms with E-state index < -0.39 is 10.0 Å². The molecule has 1 aliphatic heterocycles. The first kappa shape index (κ1) is 25.0. The van der Waals surface area contributed by atoms with Gasteiger partial charge in [0.25, 0.3) is 0 Å². The highest BCUT2D eigenvalue weighted by molar-refractivity contribution is 7.89. The summed E-state index contributed by atoms with van der Waals surface area (Å²) in [6.45, 7) is 3.64. The summed E-state index contributed by atoms with van der Waals surface area (Å²) in [5.74, 6) is 0.981. The van der Waals surface area contributed by atoms with E-state index in [1.165, 1.54) is 4.31 Å². The molecular weight excluding hydrogens is 442 g/mol. The molecule has 0 atom stereocenters. The highest BCUT2D eigenvalue weighted by Gasteiger charge is 2.27. The average molecular weight is 476 g/mol. The van der Waals surface area contributed by atoms with Crippen molar-refractivity contribution < 1.29 is 22.7 Å². The summed E-state index contributed by atoms with van der Waals surface area (Å²) in [6.07, 6.45) is 1.82. The smallest absolute Gasteiger partial charge is 0.319 e. The van der Waals surface area contributed by atoms with E-state index in [1.807, 2.05) is 55.5 Å². The van der Waals surface area contributed by atoms with Crippen LogP contribution in [-0.2, 0) is 28.0 Å². The lowest BCUT2D eigenvalue weighted by atomic mass is 10.1. The van der Waals surface area contributed by atoms with Crippen molar-refractivity contribution in [1.29, 1.82) is 0 Å². The van der Waals surface area contributed by atoms with E-state index in [0.717, 1.165) is 16.9 Å². The van der Waals surface area contributed by atoms with Gasteiger partial charge < -0.3 is 20.1 Å². The van der Waals surface area contributed by atoms with E-state index in [4.69, 9.17) is 9.47 Å². The molecule has 0 aliphatic carbocycles. The van der Waals surface area contributed by atoms with Gasteiger partial charge in [0, 0.05) is 24.8 Å². The molecule has 2 aromatic carbocycles. The number of piperidine rings is 1. The molecule has 1 aliphatic rings. The van der Waals surface area contributed by atoms with Gasteiger partial charge in [0.1, 0.15) is 5.75 Å². The summed E-state index contributed by atoms with van der Waals surface area (Å²) in [7, 11) is -1.54. The number of benzene rings is 2.